The Balaban J connectivity index is 4.60. The number of aldehydes is 2. The lowest BCUT2D eigenvalue weighted by molar-refractivity contribution is -0.136. The number of rotatable bonds is 9. The first-order chi connectivity index (χ1) is 7.86. The summed E-state index contributed by atoms with van der Waals surface area (Å²) >= 11 is 0. The Hall–Kier alpha value is -1.50. The summed E-state index contributed by atoms with van der Waals surface area (Å²) in [4.78, 5) is 51.0. The average Bonchev–Trinajstić information content (AvgIpc) is 2.33. The zero-order valence-corrected chi connectivity index (χ0v) is 9.46. The minimum atomic E-state index is -4.26. The van der Waals surface area contributed by atoms with Crippen LogP contribution < -0.4 is 0 Å². The van der Waals surface area contributed by atoms with Crippen molar-refractivity contribution in [1.82, 2.24) is 0 Å². The zero-order valence-electron chi connectivity index (χ0n) is 8.57. The SMILES string of the molecule is N=CP(=O)(O)OC[C@@H](CC(=O)C=O)C(=O)C=O. The molecule has 0 saturated heterocycles. The topological polar surface area (TPSA) is 139 Å². The molecule has 0 aromatic carbocycles. The van der Waals surface area contributed by atoms with Gasteiger partial charge in [0, 0.05) is 6.42 Å². The molecule has 0 radical (unpaired) electrons. The van der Waals surface area contributed by atoms with Crippen molar-refractivity contribution >= 4 is 37.7 Å². The van der Waals surface area contributed by atoms with Crippen LogP contribution in [0.2, 0.25) is 0 Å². The van der Waals surface area contributed by atoms with Gasteiger partial charge in [-0.1, -0.05) is 0 Å². The zero-order chi connectivity index (χ0) is 13.5. The van der Waals surface area contributed by atoms with E-state index in [1.165, 1.54) is 0 Å². The molecule has 2 atom stereocenters. The minimum absolute atomic E-state index is 0.0275. The van der Waals surface area contributed by atoms with Gasteiger partial charge in [-0.3, -0.25) is 23.7 Å². The highest BCUT2D eigenvalue weighted by Crippen LogP contribution is 2.38. The van der Waals surface area contributed by atoms with E-state index in [2.05, 4.69) is 4.52 Å². The normalized spacial score (nSPS) is 15.4. The number of carbonyl (C=O) groups is 4. The Labute approximate surface area is 96.0 Å². The van der Waals surface area contributed by atoms with Crippen LogP contribution in [0.4, 0.5) is 0 Å². The number of Topliss-reactive ketones (excluding diaryl/α,β-unsaturated/α-hetero) is 2. The first-order valence-corrected chi connectivity index (χ1v) is 5.96. The summed E-state index contributed by atoms with van der Waals surface area (Å²) in [6.07, 6.45) is -0.682. The van der Waals surface area contributed by atoms with E-state index >= 15 is 0 Å². The molecule has 0 aliphatic rings. The van der Waals surface area contributed by atoms with Crippen LogP contribution >= 0.6 is 7.60 Å². The van der Waals surface area contributed by atoms with Crippen LogP contribution in [0.25, 0.3) is 0 Å². The fraction of sp³-hybridized carbons (Fsp3) is 0.375. The van der Waals surface area contributed by atoms with Crippen LogP contribution in [0.5, 0.6) is 0 Å². The number of nitrogens with one attached hydrogen (secondary N) is 1. The predicted octanol–water partition coefficient (Wildman–Crippen LogP) is -0.662. The van der Waals surface area contributed by atoms with Gasteiger partial charge in [-0.05, 0) is 0 Å². The van der Waals surface area contributed by atoms with E-state index in [0.717, 1.165) is 0 Å². The molecule has 0 bridgehead atoms. The standard InChI is InChI=1S/C8H10NO7P/c9-5-17(14,15)16-4-6(8(13)3-11)1-7(12)2-10/h2-3,5-6,9H,1,4H2,(H,14,15)/t6-/m1/s1. The summed E-state index contributed by atoms with van der Waals surface area (Å²) in [6, 6.07) is 0. The molecule has 9 heteroatoms. The van der Waals surface area contributed by atoms with Gasteiger partial charge >= 0.3 is 7.60 Å². The van der Waals surface area contributed by atoms with Gasteiger partial charge in [-0.2, -0.15) is 0 Å². The van der Waals surface area contributed by atoms with Gasteiger partial charge in [0.25, 0.3) is 0 Å². The third-order valence-electron chi connectivity index (χ3n) is 1.72. The van der Waals surface area contributed by atoms with E-state index in [0.29, 0.717) is 0 Å². The molecule has 0 aliphatic heterocycles. The summed E-state index contributed by atoms with van der Waals surface area (Å²) in [6.45, 7) is -0.694. The van der Waals surface area contributed by atoms with Gasteiger partial charge in [-0.15, -0.1) is 0 Å². The van der Waals surface area contributed by atoms with Crippen LogP contribution in [0.1, 0.15) is 6.42 Å². The van der Waals surface area contributed by atoms with Gasteiger partial charge in [0.2, 0.25) is 5.78 Å². The molecule has 0 fully saturated rings. The van der Waals surface area contributed by atoms with Crippen molar-refractivity contribution in [1.29, 1.82) is 5.41 Å². The van der Waals surface area contributed by atoms with E-state index in [-0.39, 0.29) is 18.5 Å². The highest BCUT2D eigenvalue weighted by Gasteiger charge is 2.25. The van der Waals surface area contributed by atoms with Crippen LogP contribution in [0.3, 0.4) is 0 Å². The lowest BCUT2D eigenvalue weighted by atomic mass is 10.00. The van der Waals surface area contributed by atoms with Crippen LogP contribution in [-0.4, -0.2) is 41.6 Å². The summed E-state index contributed by atoms with van der Waals surface area (Å²) in [7, 11) is -4.26. The van der Waals surface area contributed by atoms with Gasteiger partial charge in [0.1, 0.15) is 5.96 Å². The van der Waals surface area contributed by atoms with Crippen molar-refractivity contribution in [3.05, 3.63) is 0 Å². The molecule has 0 aromatic rings. The summed E-state index contributed by atoms with van der Waals surface area (Å²) < 4.78 is 15.2. The molecule has 0 heterocycles. The third-order valence-corrected chi connectivity index (χ3v) is 2.57. The largest absolute Gasteiger partial charge is 0.368 e. The molecule has 0 amide bonds. The van der Waals surface area contributed by atoms with Crippen molar-refractivity contribution in [2.75, 3.05) is 6.61 Å². The fourth-order valence-electron chi connectivity index (χ4n) is 0.863. The average molecular weight is 263 g/mol. The van der Waals surface area contributed by atoms with E-state index in [1.807, 2.05) is 0 Å². The number of hydrogen-bond donors (Lipinski definition) is 2. The molecule has 94 valence electrons. The maximum absolute atomic E-state index is 11.0. The van der Waals surface area contributed by atoms with Crippen LogP contribution in [-0.2, 0) is 28.3 Å². The van der Waals surface area contributed by atoms with E-state index in [4.69, 9.17) is 10.3 Å². The first-order valence-electron chi connectivity index (χ1n) is 4.32. The van der Waals surface area contributed by atoms with Gasteiger partial charge < -0.3 is 14.8 Å². The van der Waals surface area contributed by atoms with Crippen LogP contribution in [0, 0.1) is 11.3 Å². The maximum Gasteiger partial charge on any atom is 0.368 e. The van der Waals surface area contributed by atoms with Crippen molar-refractivity contribution in [3.8, 4) is 0 Å². The molecule has 0 aromatic heterocycles. The van der Waals surface area contributed by atoms with Crippen molar-refractivity contribution in [2.24, 2.45) is 5.92 Å². The monoisotopic (exact) mass is 263 g/mol. The molecule has 0 aliphatic carbocycles. The molecular formula is C8H10NO7P. The molecule has 0 spiro atoms. The van der Waals surface area contributed by atoms with Gasteiger partial charge in [0.05, 0.1) is 12.5 Å². The molecule has 8 nitrogen and oxygen atoms in total. The fourth-order valence-corrected chi connectivity index (χ4v) is 1.33. The first kappa shape index (κ1) is 15.5. The van der Waals surface area contributed by atoms with E-state index in [9.17, 15) is 23.7 Å². The Morgan fingerprint density at radius 2 is 1.94 bits per heavy atom. The summed E-state index contributed by atoms with van der Waals surface area (Å²) in [5.74, 6) is -3.11. The molecule has 0 saturated carbocycles. The van der Waals surface area contributed by atoms with Crippen molar-refractivity contribution < 1.29 is 33.2 Å². The lowest BCUT2D eigenvalue weighted by Crippen LogP contribution is -2.24. The summed E-state index contributed by atoms with van der Waals surface area (Å²) in [5.41, 5.74) is 0. The second-order valence-electron chi connectivity index (χ2n) is 2.99. The smallest absolute Gasteiger partial charge is 0.320 e. The second-order valence-corrected chi connectivity index (χ2v) is 4.64. The second kappa shape index (κ2) is 6.95. The molecule has 0 rings (SSSR count). The number of ketones is 2. The Morgan fingerprint density at radius 1 is 1.35 bits per heavy atom. The van der Waals surface area contributed by atoms with Gasteiger partial charge in [0.15, 0.2) is 18.4 Å². The third kappa shape index (κ3) is 5.96. The highest BCUT2D eigenvalue weighted by atomic mass is 31.2. The molecule has 2 N–H and O–H groups in total. The number of hydrogen-bond acceptors (Lipinski definition) is 7. The van der Waals surface area contributed by atoms with E-state index in [1.54, 1.807) is 0 Å². The molecule has 1 unspecified atom stereocenters. The number of carbonyl (C=O) groups excluding carboxylic acids is 4. The Bertz CT molecular complexity index is 391. The Morgan fingerprint density at radius 3 is 2.35 bits per heavy atom. The van der Waals surface area contributed by atoms with E-state index < -0.39 is 38.1 Å². The lowest BCUT2D eigenvalue weighted by Gasteiger charge is -2.12. The Kier molecular flexibility index (Phi) is 6.34. The molecular weight excluding hydrogens is 253 g/mol. The quantitative estimate of drug-likeness (QED) is 0.243. The predicted molar refractivity (Wildman–Crippen MR) is 54.8 cm³/mol. The molecule has 17 heavy (non-hydrogen) atoms. The van der Waals surface area contributed by atoms with Crippen molar-refractivity contribution in [3.63, 3.8) is 0 Å². The maximum atomic E-state index is 11.0. The van der Waals surface area contributed by atoms with Gasteiger partial charge in [-0.25, -0.2) is 0 Å². The minimum Gasteiger partial charge on any atom is -0.320 e. The van der Waals surface area contributed by atoms with Crippen molar-refractivity contribution in [2.45, 2.75) is 6.42 Å². The van der Waals surface area contributed by atoms with Crippen LogP contribution in [0.15, 0.2) is 0 Å². The summed E-state index contributed by atoms with van der Waals surface area (Å²) in [5, 5.41) is 6.54. The highest BCUT2D eigenvalue weighted by molar-refractivity contribution is 7.68.